The molecule has 3 rings (SSSR count). The van der Waals surface area contributed by atoms with Crippen LogP contribution in [0, 0.1) is 10.1 Å². The van der Waals surface area contributed by atoms with Gasteiger partial charge in [0.15, 0.2) is 6.61 Å². The normalized spacial score (nSPS) is 10.3. The summed E-state index contributed by atoms with van der Waals surface area (Å²) in [6, 6.07) is 16.7. The standard InChI is InChI=1S/C23H21N3O6S/c1-15(27)24-13-18-8-10-22(33-18)21(28)14-32-23(29)17-7-9-19(20(11-17)26(30)31)25-12-16-5-3-2-4-6-16/h2-11,25H,12-14H2,1H3,(H,24,27). The van der Waals surface area contributed by atoms with Crippen LogP contribution in [-0.4, -0.2) is 29.2 Å². The molecule has 0 aliphatic carbocycles. The molecular weight excluding hydrogens is 446 g/mol. The lowest BCUT2D eigenvalue weighted by Crippen LogP contribution is -2.18. The number of anilines is 1. The maximum absolute atomic E-state index is 12.4. The number of rotatable bonds is 10. The van der Waals surface area contributed by atoms with E-state index in [0.29, 0.717) is 18.0 Å². The van der Waals surface area contributed by atoms with Gasteiger partial charge in [-0.2, -0.15) is 0 Å². The number of carbonyl (C=O) groups excluding carboxylic acids is 3. The average molecular weight is 468 g/mol. The summed E-state index contributed by atoms with van der Waals surface area (Å²) in [6.45, 7) is 1.59. The molecular formula is C23H21N3O6S. The highest BCUT2D eigenvalue weighted by Crippen LogP contribution is 2.26. The third-order valence-corrected chi connectivity index (χ3v) is 5.66. The highest BCUT2D eigenvalue weighted by Gasteiger charge is 2.20. The molecule has 3 aromatic rings. The van der Waals surface area contributed by atoms with Gasteiger partial charge in [0.1, 0.15) is 5.69 Å². The van der Waals surface area contributed by atoms with E-state index >= 15 is 0 Å². The Bertz CT molecular complexity index is 1180. The summed E-state index contributed by atoms with van der Waals surface area (Å²) in [5.41, 5.74) is 0.911. The molecule has 9 nitrogen and oxygen atoms in total. The summed E-state index contributed by atoms with van der Waals surface area (Å²) in [4.78, 5) is 47.7. The van der Waals surface area contributed by atoms with E-state index in [9.17, 15) is 24.5 Å². The van der Waals surface area contributed by atoms with E-state index in [1.165, 1.54) is 30.4 Å². The fourth-order valence-electron chi connectivity index (χ4n) is 2.87. The fraction of sp³-hybridized carbons (Fsp3) is 0.174. The first-order valence-corrected chi connectivity index (χ1v) is 10.7. The Morgan fingerprint density at radius 3 is 2.48 bits per heavy atom. The summed E-state index contributed by atoms with van der Waals surface area (Å²) in [6.07, 6.45) is 0. The number of nitrogens with one attached hydrogen (secondary N) is 2. The van der Waals surface area contributed by atoms with E-state index in [4.69, 9.17) is 4.74 Å². The van der Waals surface area contributed by atoms with Crippen LogP contribution in [0.1, 0.15) is 37.4 Å². The molecule has 0 bridgehead atoms. The van der Waals surface area contributed by atoms with Crippen LogP contribution in [-0.2, 0) is 22.6 Å². The van der Waals surface area contributed by atoms with Gasteiger partial charge in [0, 0.05) is 24.4 Å². The highest BCUT2D eigenvalue weighted by molar-refractivity contribution is 7.14. The molecule has 0 saturated carbocycles. The monoisotopic (exact) mass is 467 g/mol. The number of ether oxygens (including phenoxy) is 1. The SMILES string of the molecule is CC(=O)NCc1ccc(C(=O)COC(=O)c2ccc(NCc3ccccc3)c([N+](=O)[O-])c2)s1. The van der Waals surface area contributed by atoms with Crippen LogP contribution in [0.4, 0.5) is 11.4 Å². The maximum Gasteiger partial charge on any atom is 0.338 e. The molecule has 0 radical (unpaired) electrons. The number of nitro benzene ring substituents is 1. The van der Waals surface area contributed by atoms with E-state index in [-0.39, 0.29) is 22.8 Å². The van der Waals surface area contributed by atoms with Gasteiger partial charge in [0.2, 0.25) is 11.7 Å². The molecule has 0 atom stereocenters. The number of benzene rings is 2. The van der Waals surface area contributed by atoms with Crippen LogP contribution in [0.5, 0.6) is 0 Å². The lowest BCUT2D eigenvalue weighted by molar-refractivity contribution is -0.384. The van der Waals surface area contributed by atoms with Gasteiger partial charge in [-0.3, -0.25) is 19.7 Å². The Morgan fingerprint density at radius 2 is 1.79 bits per heavy atom. The first kappa shape index (κ1) is 23.6. The van der Waals surface area contributed by atoms with Gasteiger partial charge < -0.3 is 15.4 Å². The number of Topliss-reactive ketones (excluding diaryl/α,β-unsaturated/α-hetero) is 1. The van der Waals surface area contributed by atoms with E-state index in [0.717, 1.165) is 16.5 Å². The molecule has 0 aliphatic heterocycles. The van der Waals surface area contributed by atoms with Crippen molar-refractivity contribution in [1.82, 2.24) is 5.32 Å². The summed E-state index contributed by atoms with van der Waals surface area (Å²) >= 11 is 1.19. The fourth-order valence-corrected chi connectivity index (χ4v) is 3.74. The van der Waals surface area contributed by atoms with Crippen molar-refractivity contribution in [2.24, 2.45) is 0 Å². The summed E-state index contributed by atoms with van der Waals surface area (Å²) in [7, 11) is 0. The van der Waals surface area contributed by atoms with Crippen LogP contribution < -0.4 is 10.6 Å². The Morgan fingerprint density at radius 1 is 1.03 bits per heavy atom. The van der Waals surface area contributed by atoms with Crippen molar-refractivity contribution in [2.45, 2.75) is 20.0 Å². The second-order valence-corrected chi connectivity index (χ2v) is 8.17. The number of hydrogen-bond acceptors (Lipinski definition) is 8. The van der Waals surface area contributed by atoms with Crippen LogP contribution in [0.25, 0.3) is 0 Å². The summed E-state index contributed by atoms with van der Waals surface area (Å²) in [5, 5.41) is 17.1. The number of amides is 1. The third kappa shape index (κ3) is 6.71. The number of thiophene rings is 1. The highest BCUT2D eigenvalue weighted by atomic mass is 32.1. The van der Waals surface area contributed by atoms with Crippen LogP contribution in [0.3, 0.4) is 0 Å². The minimum Gasteiger partial charge on any atom is -0.454 e. The molecule has 0 fully saturated rings. The zero-order valence-electron chi connectivity index (χ0n) is 17.7. The van der Waals surface area contributed by atoms with Crippen molar-refractivity contribution < 1.29 is 24.0 Å². The van der Waals surface area contributed by atoms with E-state index in [2.05, 4.69) is 10.6 Å². The molecule has 2 aromatic carbocycles. The molecule has 1 aromatic heterocycles. The molecule has 33 heavy (non-hydrogen) atoms. The number of ketones is 1. The van der Waals surface area contributed by atoms with Gasteiger partial charge in [-0.25, -0.2) is 4.79 Å². The van der Waals surface area contributed by atoms with Gasteiger partial charge in [0.05, 0.1) is 21.9 Å². The molecule has 0 saturated heterocycles. The Balaban J connectivity index is 1.61. The zero-order chi connectivity index (χ0) is 23.8. The second kappa shape index (κ2) is 11.0. The van der Waals surface area contributed by atoms with Gasteiger partial charge in [-0.05, 0) is 29.8 Å². The Labute approximate surface area is 193 Å². The van der Waals surface area contributed by atoms with Crippen molar-refractivity contribution in [1.29, 1.82) is 0 Å². The van der Waals surface area contributed by atoms with Crippen LogP contribution >= 0.6 is 11.3 Å². The molecule has 0 unspecified atom stereocenters. The number of carbonyl (C=O) groups is 3. The molecule has 2 N–H and O–H groups in total. The van der Waals surface area contributed by atoms with Crippen molar-refractivity contribution in [2.75, 3.05) is 11.9 Å². The zero-order valence-corrected chi connectivity index (χ0v) is 18.5. The van der Waals surface area contributed by atoms with E-state index in [1.54, 1.807) is 12.1 Å². The first-order valence-electron chi connectivity index (χ1n) is 9.93. The van der Waals surface area contributed by atoms with Gasteiger partial charge in [-0.1, -0.05) is 30.3 Å². The summed E-state index contributed by atoms with van der Waals surface area (Å²) < 4.78 is 5.06. The molecule has 1 heterocycles. The van der Waals surface area contributed by atoms with Gasteiger partial charge >= 0.3 is 5.97 Å². The average Bonchev–Trinajstić information content (AvgIpc) is 3.29. The molecule has 0 spiro atoms. The minimum absolute atomic E-state index is 0.0303. The quantitative estimate of drug-likeness (QED) is 0.200. The molecule has 10 heteroatoms. The second-order valence-electron chi connectivity index (χ2n) is 7.00. The lowest BCUT2D eigenvalue weighted by Gasteiger charge is -2.09. The number of nitro groups is 1. The smallest absolute Gasteiger partial charge is 0.338 e. The third-order valence-electron chi connectivity index (χ3n) is 4.54. The Kier molecular flexibility index (Phi) is 7.87. The largest absolute Gasteiger partial charge is 0.454 e. The Hall–Kier alpha value is -4.05. The predicted octanol–water partition coefficient (Wildman–Crippen LogP) is 3.94. The van der Waals surface area contributed by atoms with Gasteiger partial charge in [-0.15, -0.1) is 11.3 Å². The van der Waals surface area contributed by atoms with E-state index in [1.807, 2.05) is 30.3 Å². The minimum atomic E-state index is -0.837. The molecule has 0 aliphatic rings. The van der Waals surface area contributed by atoms with Crippen molar-refractivity contribution in [3.8, 4) is 0 Å². The molecule has 1 amide bonds. The van der Waals surface area contributed by atoms with Crippen molar-refractivity contribution in [3.05, 3.63) is 91.7 Å². The number of esters is 1. The first-order chi connectivity index (χ1) is 15.8. The van der Waals surface area contributed by atoms with E-state index < -0.39 is 23.3 Å². The van der Waals surface area contributed by atoms with Crippen LogP contribution in [0.15, 0.2) is 60.7 Å². The predicted molar refractivity (Wildman–Crippen MR) is 123 cm³/mol. The number of nitrogens with zero attached hydrogens (tertiary/aromatic N) is 1. The maximum atomic E-state index is 12.4. The molecule has 170 valence electrons. The topological polar surface area (TPSA) is 128 Å². The summed E-state index contributed by atoms with van der Waals surface area (Å²) in [5.74, 6) is -1.42. The number of hydrogen-bond donors (Lipinski definition) is 2. The van der Waals surface area contributed by atoms with Crippen molar-refractivity contribution in [3.63, 3.8) is 0 Å². The van der Waals surface area contributed by atoms with Crippen molar-refractivity contribution >= 4 is 40.4 Å². The van der Waals surface area contributed by atoms with Gasteiger partial charge in [0.25, 0.3) is 5.69 Å². The lowest BCUT2D eigenvalue weighted by atomic mass is 10.1. The van der Waals surface area contributed by atoms with Crippen LogP contribution in [0.2, 0.25) is 0 Å².